The largest absolute Gasteiger partial charge is 0.465 e. The Labute approximate surface area is 135 Å². The summed E-state index contributed by atoms with van der Waals surface area (Å²) in [6.07, 6.45) is 1.04. The number of hydrogen-bond donors (Lipinski definition) is 1. The first-order valence-corrected chi connectivity index (χ1v) is 8.09. The number of carbonyl (C=O) groups is 2. The number of thiophene rings is 1. The Morgan fingerprint density at radius 3 is 2.82 bits per heavy atom. The van der Waals surface area contributed by atoms with Crippen LogP contribution in [0.5, 0.6) is 0 Å². The van der Waals surface area contributed by atoms with Crippen molar-refractivity contribution < 1.29 is 14.3 Å². The molecule has 0 aromatic carbocycles. The zero-order valence-electron chi connectivity index (χ0n) is 13.5. The number of nitrogens with one attached hydrogen (secondary N) is 1. The number of rotatable bonds is 5. The summed E-state index contributed by atoms with van der Waals surface area (Å²) < 4.78 is 4.71. The molecule has 7 heteroatoms. The van der Waals surface area contributed by atoms with Crippen molar-refractivity contribution in [3.8, 4) is 0 Å². The average molecular weight is 325 g/mol. The molecule has 0 radical (unpaired) electrons. The minimum Gasteiger partial charge on any atom is -0.465 e. The lowest BCUT2D eigenvalue weighted by Crippen LogP contribution is -2.44. The van der Waals surface area contributed by atoms with Gasteiger partial charge in [0, 0.05) is 18.6 Å². The van der Waals surface area contributed by atoms with Crippen LogP contribution < -0.4 is 5.32 Å². The van der Waals surface area contributed by atoms with E-state index in [0.29, 0.717) is 17.1 Å². The quantitative estimate of drug-likeness (QED) is 0.831. The third-order valence-corrected chi connectivity index (χ3v) is 5.18. The summed E-state index contributed by atoms with van der Waals surface area (Å²) in [6.45, 7) is 4.30. The van der Waals surface area contributed by atoms with Gasteiger partial charge in [-0.3, -0.25) is 9.69 Å². The summed E-state index contributed by atoms with van der Waals surface area (Å²) in [7, 11) is 5.47. The highest BCUT2D eigenvalue weighted by Gasteiger charge is 2.36. The Morgan fingerprint density at radius 2 is 2.23 bits per heavy atom. The van der Waals surface area contributed by atoms with E-state index in [9.17, 15) is 9.59 Å². The van der Waals surface area contributed by atoms with E-state index in [4.69, 9.17) is 4.74 Å². The second-order valence-electron chi connectivity index (χ2n) is 6.06. The van der Waals surface area contributed by atoms with Crippen molar-refractivity contribution >= 4 is 28.9 Å². The van der Waals surface area contributed by atoms with Crippen LogP contribution in [0.1, 0.15) is 23.0 Å². The minimum absolute atomic E-state index is 0.105. The Kier molecular flexibility index (Phi) is 5.20. The van der Waals surface area contributed by atoms with Crippen molar-refractivity contribution in [3.05, 3.63) is 16.3 Å². The summed E-state index contributed by atoms with van der Waals surface area (Å²) in [6, 6.07) is 1.72. The van der Waals surface area contributed by atoms with Crippen LogP contribution in [0.25, 0.3) is 0 Å². The van der Waals surface area contributed by atoms with Crippen LogP contribution in [-0.4, -0.2) is 68.1 Å². The van der Waals surface area contributed by atoms with Gasteiger partial charge in [0.25, 0.3) is 0 Å². The molecule has 1 aliphatic rings. The van der Waals surface area contributed by atoms with Gasteiger partial charge in [0.15, 0.2) is 0 Å². The molecule has 0 saturated carbocycles. The fraction of sp³-hybridized carbons (Fsp3) is 0.600. The van der Waals surface area contributed by atoms with Gasteiger partial charge in [-0.25, -0.2) is 4.79 Å². The molecule has 1 atom stereocenters. The molecule has 1 fully saturated rings. The van der Waals surface area contributed by atoms with Crippen LogP contribution in [0.3, 0.4) is 0 Å². The standard InChI is InChI=1S/C15H23N3O3S/c1-15(17(2)3)6-7-18(10-15)9-12(19)16-11-5-8-22-13(11)14(20)21-4/h5,8H,6-7,9-10H2,1-4H3,(H,16,19). The summed E-state index contributed by atoms with van der Waals surface area (Å²) in [4.78, 5) is 28.6. The Balaban J connectivity index is 1.92. The van der Waals surface area contributed by atoms with Gasteiger partial charge in [-0.15, -0.1) is 11.3 Å². The number of hydrogen-bond acceptors (Lipinski definition) is 6. The van der Waals surface area contributed by atoms with Gasteiger partial charge in [0.2, 0.25) is 5.91 Å². The zero-order valence-corrected chi connectivity index (χ0v) is 14.3. The number of nitrogens with zero attached hydrogens (tertiary/aromatic N) is 2. The van der Waals surface area contributed by atoms with E-state index in [1.165, 1.54) is 18.4 Å². The van der Waals surface area contributed by atoms with E-state index in [0.717, 1.165) is 19.5 Å². The van der Waals surface area contributed by atoms with Crippen LogP contribution in [0.2, 0.25) is 0 Å². The molecule has 22 heavy (non-hydrogen) atoms. The number of esters is 1. The van der Waals surface area contributed by atoms with Crippen molar-refractivity contribution in [1.82, 2.24) is 9.80 Å². The van der Waals surface area contributed by atoms with Crippen molar-refractivity contribution in [1.29, 1.82) is 0 Å². The number of amides is 1. The normalized spacial score (nSPS) is 22.0. The fourth-order valence-electron chi connectivity index (χ4n) is 2.59. The number of anilines is 1. The first-order valence-electron chi connectivity index (χ1n) is 7.21. The van der Waals surface area contributed by atoms with Crippen LogP contribution in [0.4, 0.5) is 5.69 Å². The van der Waals surface area contributed by atoms with E-state index in [-0.39, 0.29) is 11.4 Å². The number of ether oxygens (including phenoxy) is 1. The minimum atomic E-state index is -0.424. The number of methoxy groups -OCH3 is 1. The topological polar surface area (TPSA) is 61.9 Å². The van der Waals surface area contributed by atoms with E-state index < -0.39 is 5.97 Å². The molecular formula is C15H23N3O3S. The lowest BCUT2D eigenvalue weighted by molar-refractivity contribution is -0.117. The Bertz CT molecular complexity index is 558. The Hall–Kier alpha value is -1.44. The van der Waals surface area contributed by atoms with Gasteiger partial charge in [0.05, 0.1) is 19.3 Å². The highest BCUT2D eigenvalue weighted by Crippen LogP contribution is 2.26. The fourth-order valence-corrected chi connectivity index (χ4v) is 3.36. The molecule has 0 bridgehead atoms. The second-order valence-corrected chi connectivity index (χ2v) is 6.97. The van der Waals surface area contributed by atoms with Gasteiger partial charge in [-0.2, -0.15) is 0 Å². The van der Waals surface area contributed by atoms with Gasteiger partial charge < -0.3 is 15.0 Å². The third kappa shape index (κ3) is 3.66. The molecule has 1 N–H and O–H groups in total. The molecule has 2 rings (SSSR count). The maximum absolute atomic E-state index is 12.2. The van der Waals surface area contributed by atoms with E-state index in [1.54, 1.807) is 11.4 Å². The third-order valence-electron chi connectivity index (χ3n) is 4.29. The first kappa shape index (κ1) is 16.9. The molecule has 122 valence electrons. The maximum atomic E-state index is 12.2. The number of carbonyl (C=O) groups excluding carboxylic acids is 2. The molecule has 1 saturated heterocycles. The SMILES string of the molecule is COC(=O)c1sccc1NC(=O)CN1CCC(C)(N(C)C)C1. The molecule has 1 aliphatic heterocycles. The summed E-state index contributed by atoms with van der Waals surface area (Å²) in [5.74, 6) is -0.529. The summed E-state index contributed by atoms with van der Waals surface area (Å²) in [5, 5.41) is 4.57. The van der Waals surface area contributed by atoms with Gasteiger partial charge in [-0.05, 0) is 38.9 Å². The van der Waals surface area contributed by atoms with Crippen molar-refractivity contribution in [2.24, 2.45) is 0 Å². The average Bonchev–Trinajstić information content (AvgIpc) is 3.06. The van der Waals surface area contributed by atoms with Crippen LogP contribution in [0.15, 0.2) is 11.4 Å². The van der Waals surface area contributed by atoms with E-state index in [2.05, 4.69) is 36.1 Å². The van der Waals surface area contributed by atoms with E-state index in [1.807, 2.05) is 0 Å². The van der Waals surface area contributed by atoms with Crippen molar-refractivity contribution in [2.45, 2.75) is 18.9 Å². The van der Waals surface area contributed by atoms with Gasteiger partial charge in [-0.1, -0.05) is 0 Å². The number of likely N-dealkylation sites (tertiary alicyclic amines) is 1. The molecule has 6 nitrogen and oxygen atoms in total. The predicted molar refractivity (Wildman–Crippen MR) is 87.4 cm³/mol. The zero-order chi connectivity index (χ0) is 16.3. The van der Waals surface area contributed by atoms with Crippen LogP contribution >= 0.6 is 11.3 Å². The Morgan fingerprint density at radius 1 is 1.50 bits per heavy atom. The van der Waals surface area contributed by atoms with Gasteiger partial charge >= 0.3 is 5.97 Å². The van der Waals surface area contributed by atoms with E-state index >= 15 is 0 Å². The molecule has 0 spiro atoms. The summed E-state index contributed by atoms with van der Waals surface area (Å²) >= 11 is 1.26. The van der Waals surface area contributed by atoms with Gasteiger partial charge in [0.1, 0.15) is 4.88 Å². The maximum Gasteiger partial charge on any atom is 0.350 e. The highest BCUT2D eigenvalue weighted by molar-refractivity contribution is 7.12. The van der Waals surface area contributed by atoms with Crippen LogP contribution in [-0.2, 0) is 9.53 Å². The monoisotopic (exact) mass is 325 g/mol. The highest BCUT2D eigenvalue weighted by atomic mass is 32.1. The molecule has 1 unspecified atom stereocenters. The molecule has 0 aliphatic carbocycles. The number of likely N-dealkylation sites (N-methyl/N-ethyl adjacent to an activating group) is 1. The molecular weight excluding hydrogens is 302 g/mol. The molecule has 1 amide bonds. The van der Waals surface area contributed by atoms with Crippen molar-refractivity contribution in [2.75, 3.05) is 46.2 Å². The predicted octanol–water partition coefficient (Wildman–Crippen LogP) is 1.50. The smallest absolute Gasteiger partial charge is 0.350 e. The lowest BCUT2D eigenvalue weighted by atomic mass is 10.0. The van der Waals surface area contributed by atoms with Crippen molar-refractivity contribution in [3.63, 3.8) is 0 Å². The molecule has 1 aromatic heterocycles. The second kappa shape index (κ2) is 6.76. The molecule has 2 heterocycles. The lowest BCUT2D eigenvalue weighted by Gasteiger charge is -2.32. The first-order chi connectivity index (χ1) is 10.4. The van der Waals surface area contributed by atoms with Crippen LogP contribution in [0, 0.1) is 0 Å². The molecule has 1 aromatic rings. The summed E-state index contributed by atoms with van der Waals surface area (Å²) in [5.41, 5.74) is 0.635.